The number of carbonyl (C=O) groups is 1. The van der Waals surface area contributed by atoms with Crippen molar-refractivity contribution in [2.24, 2.45) is 0 Å². The molecule has 2 aromatic heterocycles. The molecule has 2 rings (SSSR count). The quantitative estimate of drug-likeness (QED) is 0.375. The first kappa shape index (κ1) is 14.4. The number of ether oxygens (including phenoxy) is 1. The third-order valence-electron chi connectivity index (χ3n) is 2.59. The molecule has 0 spiro atoms. The number of pyridine rings is 1. The van der Waals surface area contributed by atoms with Gasteiger partial charge in [0.2, 0.25) is 0 Å². The van der Waals surface area contributed by atoms with Gasteiger partial charge in [0.05, 0.1) is 23.8 Å². The average Bonchev–Trinajstić information content (AvgIpc) is 2.79. The molecule has 0 aliphatic carbocycles. The summed E-state index contributed by atoms with van der Waals surface area (Å²) in [7, 11) is 1.27. The van der Waals surface area contributed by atoms with Gasteiger partial charge in [0, 0.05) is 11.6 Å². The summed E-state index contributed by atoms with van der Waals surface area (Å²) in [4.78, 5) is 26.4. The van der Waals surface area contributed by atoms with Crippen molar-refractivity contribution in [2.75, 3.05) is 7.11 Å². The predicted molar refractivity (Wildman–Crippen MR) is 75.3 cm³/mol. The van der Waals surface area contributed by atoms with Crippen molar-refractivity contribution >= 4 is 34.6 Å². The molecule has 0 saturated carbocycles. The molecule has 0 aromatic carbocycles. The van der Waals surface area contributed by atoms with E-state index in [1.807, 2.05) is 0 Å². The van der Waals surface area contributed by atoms with Crippen LogP contribution in [0.15, 0.2) is 17.5 Å². The Bertz CT molecular complexity index is 699. The van der Waals surface area contributed by atoms with Crippen LogP contribution in [-0.2, 0) is 4.74 Å². The molecule has 0 N–H and O–H groups in total. The normalized spacial score (nSPS) is 10.3. The van der Waals surface area contributed by atoms with Crippen LogP contribution in [-0.4, -0.2) is 23.0 Å². The van der Waals surface area contributed by atoms with Crippen LogP contribution in [0.5, 0.6) is 0 Å². The first-order chi connectivity index (χ1) is 9.43. The number of carbonyl (C=O) groups excluding carboxylic acids is 1. The molecule has 2 heterocycles. The summed E-state index contributed by atoms with van der Waals surface area (Å²) in [5.41, 5.74) is 1.39. The first-order valence-electron chi connectivity index (χ1n) is 5.42. The van der Waals surface area contributed by atoms with Crippen molar-refractivity contribution in [1.29, 1.82) is 0 Å². The van der Waals surface area contributed by atoms with Gasteiger partial charge in [0.15, 0.2) is 0 Å². The zero-order valence-corrected chi connectivity index (χ0v) is 12.1. The number of esters is 1. The minimum atomic E-state index is -0.559. The maximum Gasteiger partial charge on any atom is 0.348 e. The van der Waals surface area contributed by atoms with Crippen molar-refractivity contribution in [3.05, 3.63) is 43.2 Å². The lowest BCUT2D eigenvalue weighted by atomic mass is 10.1. The average molecular weight is 313 g/mol. The Labute approximate surface area is 123 Å². The Morgan fingerprint density at radius 1 is 1.50 bits per heavy atom. The molecule has 20 heavy (non-hydrogen) atoms. The molecule has 0 bridgehead atoms. The van der Waals surface area contributed by atoms with E-state index in [1.54, 1.807) is 12.3 Å². The number of halogens is 1. The monoisotopic (exact) mass is 312 g/mol. The van der Waals surface area contributed by atoms with Crippen LogP contribution < -0.4 is 0 Å². The van der Waals surface area contributed by atoms with E-state index in [4.69, 9.17) is 16.3 Å². The van der Waals surface area contributed by atoms with E-state index in [0.29, 0.717) is 10.4 Å². The number of hydrogen-bond donors (Lipinski definition) is 0. The minimum absolute atomic E-state index is 0.00406. The zero-order valence-electron chi connectivity index (χ0n) is 10.5. The van der Waals surface area contributed by atoms with E-state index < -0.39 is 10.9 Å². The molecule has 0 saturated heterocycles. The number of nitro groups is 1. The summed E-state index contributed by atoms with van der Waals surface area (Å²) in [6.45, 7) is 1.78. The predicted octanol–water partition coefficient (Wildman–Crippen LogP) is 3.47. The van der Waals surface area contributed by atoms with E-state index >= 15 is 0 Å². The van der Waals surface area contributed by atoms with Gasteiger partial charge in [-0.05, 0) is 17.9 Å². The molecule has 0 atom stereocenters. The molecule has 104 valence electrons. The van der Waals surface area contributed by atoms with Crippen molar-refractivity contribution in [3.8, 4) is 11.3 Å². The van der Waals surface area contributed by atoms with Gasteiger partial charge in [-0.25, -0.2) is 9.78 Å². The van der Waals surface area contributed by atoms with Crippen LogP contribution in [0, 0.1) is 17.0 Å². The Morgan fingerprint density at radius 3 is 2.80 bits per heavy atom. The van der Waals surface area contributed by atoms with Crippen molar-refractivity contribution in [2.45, 2.75) is 6.92 Å². The van der Waals surface area contributed by atoms with E-state index in [0.717, 1.165) is 11.6 Å². The van der Waals surface area contributed by atoms with E-state index in [-0.39, 0.29) is 16.5 Å². The fourth-order valence-electron chi connectivity index (χ4n) is 1.72. The van der Waals surface area contributed by atoms with Gasteiger partial charge in [-0.2, -0.15) is 0 Å². The fraction of sp³-hybridized carbons (Fsp3) is 0.167. The number of hydrogen-bond acceptors (Lipinski definition) is 6. The third-order valence-corrected chi connectivity index (χ3v) is 3.86. The van der Waals surface area contributed by atoms with Crippen molar-refractivity contribution in [1.82, 2.24) is 4.98 Å². The topological polar surface area (TPSA) is 82.3 Å². The molecular weight excluding hydrogens is 304 g/mol. The van der Waals surface area contributed by atoms with Crippen LogP contribution in [0.1, 0.15) is 15.2 Å². The van der Waals surface area contributed by atoms with E-state index in [9.17, 15) is 14.9 Å². The molecule has 0 fully saturated rings. The lowest BCUT2D eigenvalue weighted by Gasteiger charge is -2.04. The first-order valence-corrected chi connectivity index (χ1v) is 6.68. The number of methoxy groups -OCH3 is 1. The maximum absolute atomic E-state index is 11.7. The largest absolute Gasteiger partial charge is 0.465 e. The Kier molecular flexibility index (Phi) is 4.01. The number of aryl methyl sites for hydroxylation is 1. The molecule has 6 nitrogen and oxygen atoms in total. The van der Waals surface area contributed by atoms with Gasteiger partial charge < -0.3 is 4.74 Å². The van der Waals surface area contributed by atoms with Crippen LogP contribution >= 0.6 is 22.9 Å². The zero-order chi connectivity index (χ0) is 14.9. The molecule has 8 heteroatoms. The Morgan fingerprint density at radius 2 is 2.20 bits per heavy atom. The van der Waals surface area contributed by atoms with E-state index in [2.05, 4.69) is 4.98 Å². The second-order valence-corrected chi connectivity index (χ2v) is 5.17. The number of nitrogens with zero attached hydrogens (tertiary/aromatic N) is 2. The molecule has 0 amide bonds. The van der Waals surface area contributed by atoms with Gasteiger partial charge in [0.25, 0.3) is 5.69 Å². The van der Waals surface area contributed by atoms with Crippen LogP contribution in [0.2, 0.25) is 5.15 Å². The smallest absolute Gasteiger partial charge is 0.348 e. The summed E-state index contributed by atoms with van der Waals surface area (Å²) < 4.78 is 4.70. The maximum atomic E-state index is 11.7. The van der Waals surface area contributed by atoms with Crippen molar-refractivity contribution < 1.29 is 14.5 Å². The highest BCUT2D eigenvalue weighted by molar-refractivity contribution is 7.12. The van der Waals surface area contributed by atoms with Gasteiger partial charge in [0.1, 0.15) is 10.0 Å². The van der Waals surface area contributed by atoms with Gasteiger partial charge in [-0.1, -0.05) is 11.6 Å². The Hall–Kier alpha value is -1.99. The molecular formula is C12H9ClN2O4S. The number of rotatable bonds is 3. The highest BCUT2D eigenvalue weighted by atomic mass is 35.5. The Balaban J connectivity index is 2.65. The molecule has 0 aliphatic rings. The second kappa shape index (κ2) is 5.56. The molecule has 0 aliphatic heterocycles. The number of thiophene rings is 1. The standard InChI is InChI=1S/C12H9ClN2O4S/c1-6-5-20-11(12(16)19-2)10(6)8-3-7(15(17)18)4-9(13)14-8/h3-5H,1-2H3. The highest BCUT2D eigenvalue weighted by Gasteiger charge is 2.21. The molecule has 0 unspecified atom stereocenters. The third kappa shape index (κ3) is 2.63. The lowest BCUT2D eigenvalue weighted by Crippen LogP contribution is -2.01. The van der Waals surface area contributed by atoms with Crippen LogP contribution in [0.3, 0.4) is 0 Å². The number of aromatic nitrogens is 1. The van der Waals surface area contributed by atoms with Gasteiger partial charge in [-0.3, -0.25) is 10.1 Å². The molecule has 2 aromatic rings. The highest BCUT2D eigenvalue weighted by Crippen LogP contribution is 2.34. The van der Waals surface area contributed by atoms with E-state index in [1.165, 1.54) is 24.5 Å². The summed E-state index contributed by atoms with van der Waals surface area (Å²) >= 11 is 7.00. The summed E-state index contributed by atoms with van der Waals surface area (Å²) in [5.74, 6) is -0.512. The summed E-state index contributed by atoms with van der Waals surface area (Å²) in [6.07, 6.45) is 0. The summed E-state index contributed by atoms with van der Waals surface area (Å²) in [5, 5.41) is 12.6. The van der Waals surface area contributed by atoms with Crippen LogP contribution in [0.25, 0.3) is 11.3 Å². The summed E-state index contributed by atoms with van der Waals surface area (Å²) in [6, 6.07) is 2.44. The fourth-order valence-corrected chi connectivity index (χ4v) is 2.90. The van der Waals surface area contributed by atoms with Crippen molar-refractivity contribution in [3.63, 3.8) is 0 Å². The SMILES string of the molecule is COC(=O)c1scc(C)c1-c1cc([N+](=O)[O-])cc(Cl)n1. The van der Waals surface area contributed by atoms with Crippen LogP contribution in [0.4, 0.5) is 5.69 Å². The lowest BCUT2D eigenvalue weighted by molar-refractivity contribution is -0.384. The van der Waals surface area contributed by atoms with Gasteiger partial charge in [-0.15, -0.1) is 11.3 Å². The molecule has 0 radical (unpaired) electrons. The second-order valence-electron chi connectivity index (χ2n) is 3.90. The minimum Gasteiger partial charge on any atom is -0.465 e. The van der Waals surface area contributed by atoms with Gasteiger partial charge >= 0.3 is 5.97 Å².